The van der Waals surface area contributed by atoms with Gasteiger partial charge in [0.1, 0.15) is 19.0 Å². The lowest BCUT2D eigenvalue weighted by molar-refractivity contribution is -0.139. The number of nitriles is 1. The summed E-state index contributed by atoms with van der Waals surface area (Å²) < 4.78 is 16.7. The maximum Gasteiger partial charge on any atom is 0.316 e. The van der Waals surface area contributed by atoms with Crippen molar-refractivity contribution in [3.63, 3.8) is 0 Å². The maximum absolute atomic E-state index is 12.7. The Bertz CT molecular complexity index is 1250. The zero-order valence-corrected chi connectivity index (χ0v) is 17.7. The second kappa shape index (κ2) is 8.67. The number of hydrogen-bond donors (Lipinski definition) is 0. The molecule has 2 aliphatic heterocycles. The van der Waals surface area contributed by atoms with Gasteiger partial charge in [-0.2, -0.15) is 5.26 Å². The number of carbonyl (C=O) groups excluding carboxylic acids is 2. The third-order valence-corrected chi connectivity index (χ3v) is 5.72. The van der Waals surface area contributed by atoms with E-state index in [1.807, 2.05) is 24.3 Å². The molecule has 1 amide bonds. The fraction of sp³-hybridized carbons (Fsp3) is 0.192. The number of esters is 1. The Balaban J connectivity index is 1.24. The van der Waals surface area contributed by atoms with E-state index >= 15 is 0 Å². The molecule has 7 heteroatoms. The fourth-order valence-corrected chi connectivity index (χ4v) is 3.97. The zero-order valence-electron chi connectivity index (χ0n) is 17.7. The van der Waals surface area contributed by atoms with E-state index in [1.165, 1.54) is 0 Å². The number of carbonyl (C=O) groups is 2. The monoisotopic (exact) mass is 440 g/mol. The van der Waals surface area contributed by atoms with Crippen LogP contribution in [-0.4, -0.2) is 31.6 Å². The summed E-state index contributed by atoms with van der Waals surface area (Å²) in [5.74, 6) is 0.544. The molecule has 2 heterocycles. The Kier molecular flexibility index (Phi) is 5.41. The van der Waals surface area contributed by atoms with Gasteiger partial charge in [-0.25, -0.2) is 0 Å². The van der Waals surface area contributed by atoms with Crippen molar-refractivity contribution in [3.8, 4) is 34.4 Å². The first-order chi connectivity index (χ1) is 16.1. The van der Waals surface area contributed by atoms with Crippen LogP contribution in [0.3, 0.4) is 0 Å². The van der Waals surface area contributed by atoms with Gasteiger partial charge in [-0.05, 0) is 47.5 Å². The molecule has 3 aromatic carbocycles. The third kappa shape index (κ3) is 4.23. The standard InChI is InChI=1S/C26H20N2O5/c27-15-17-1-3-18(4-2-17)19-5-8-22(9-6-19)33-26(30)20-13-25(29)28(16-20)21-7-10-23-24(14-21)32-12-11-31-23/h1-10,14,20H,11-13,16H2. The van der Waals surface area contributed by atoms with E-state index in [2.05, 4.69) is 6.07 Å². The Morgan fingerprint density at radius 1 is 0.939 bits per heavy atom. The minimum absolute atomic E-state index is 0.0938. The Hall–Kier alpha value is -4.31. The molecule has 0 saturated carbocycles. The molecule has 1 saturated heterocycles. The average molecular weight is 440 g/mol. The van der Waals surface area contributed by atoms with Gasteiger partial charge in [-0.1, -0.05) is 24.3 Å². The summed E-state index contributed by atoms with van der Waals surface area (Å²) in [4.78, 5) is 26.9. The third-order valence-electron chi connectivity index (χ3n) is 5.72. The van der Waals surface area contributed by atoms with Gasteiger partial charge in [0.25, 0.3) is 0 Å². The summed E-state index contributed by atoms with van der Waals surface area (Å²) >= 11 is 0. The SMILES string of the molecule is N#Cc1ccc(-c2ccc(OC(=O)C3CC(=O)N(c4ccc5c(c4)OCCO5)C3)cc2)cc1. The van der Waals surface area contributed by atoms with E-state index in [-0.39, 0.29) is 18.9 Å². The van der Waals surface area contributed by atoms with Crippen molar-refractivity contribution in [2.45, 2.75) is 6.42 Å². The molecule has 1 unspecified atom stereocenters. The highest BCUT2D eigenvalue weighted by atomic mass is 16.6. The van der Waals surface area contributed by atoms with Crippen LogP contribution in [0.1, 0.15) is 12.0 Å². The van der Waals surface area contributed by atoms with E-state index in [9.17, 15) is 9.59 Å². The molecule has 33 heavy (non-hydrogen) atoms. The van der Waals surface area contributed by atoms with Crippen LogP contribution in [-0.2, 0) is 9.59 Å². The van der Waals surface area contributed by atoms with E-state index in [0.29, 0.717) is 41.7 Å². The molecule has 0 radical (unpaired) electrons. The smallest absolute Gasteiger partial charge is 0.316 e. The Morgan fingerprint density at radius 3 is 2.30 bits per heavy atom. The Morgan fingerprint density at radius 2 is 1.61 bits per heavy atom. The Labute approximate surface area is 190 Å². The maximum atomic E-state index is 12.7. The van der Waals surface area contributed by atoms with Crippen molar-refractivity contribution in [1.82, 2.24) is 0 Å². The van der Waals surface area contributed by atoms with E-state index in [1.54, 1.807) is 47.4 Å². The van der Waals surface area contributed by atoms with Crippen LogP contribution in [0.2, 0.25) is 0 Å². The van der Waals surface area contributed by atoms with Gasteiger partial charge in [-0.15, -0.1) is 0 Å². The van der Waals surface area contributed by atoms with Crippen LogP contribution in [0, 0.1) is 17.2 Å². The van der Waals surface area contributed by atoms with E-state index < -0.39 is 11.9 Å². The summed E-state index contributed by atoms with van der Waals surface area (Å²) in [6, 6.07) is 21.8. The first kappa shape index (κ1) is 20.6. The van der Waals surface area contributed by atoms with E-state index in [0.717, 1.165) is 11.1 Å². The minimum Gasteiger partial charge on any atom is -0.486 e. The molecule has 0 N–H and O–H groups in total. The molecule has 164 valence electrons. The summed E-state index contributed by atoms with van der Waals surface area (Å²) in [6.45, 7) is 1.21. The van der Waals surface area contributed by atoms with Crippen LogP contribution in [0.15, 0.2) is 66.7 Å². The van der Waals surface area contributed by atoms with Gasteiger partial charge in [0.05, 0.1) is 17.6 Å². The van der Waals surface area contributed by atoms with Gasteiger partial charge in [0, 0.05) is 24.7 Å². The largest absolute Gasteiger partial charge is 0.486 e. The molecular weight excluding hydrogens is 420 g/mol. The highest BCUT2D eigenvalue weighted by Gasteiger charge is 2.37. The molecule has 3 aromatic rings. The molecule has 0 aliphatic carbocycles. The van der Waals surface area contributed by atoms with Crippen LogP contribution >= 0.6 is 0 Å². The van der Waals surface area contributed by atoms with Gasteiger partial charge < -0.3 is 19.1 Å². The van der Waals surface area contributed by atoms with Crippen molar-refractivity contribution in [2.24, 2.45) is 5.92 Å². The summed E-state index contributed by atoms with van der Waals surface area (Å²) in [5, 5.41) is 8.92. The normalized spacial score (nSPS) is 16.9. The van der Waals surface area contributed by atoms with Gasteiger partial charge in [0.2, 0.25) is 5.91 Å². The van der Waals surface area contributed by atoms with Crippen molar-refractivity contribution < 1.29 is 23.8 Å². The molecule has 7 nitrogen and oxygen atoms in total. The van der Waals surface area contributed by atoms with Crippen molar-refractivity contribution in [3.05, 3.63) is 72.3 Å². The van der Waals surface area contributed by atoms with Gasteiger partial charge in [0.15, 0.2) is 11.5 Å². The van der Waals surface area contributed by atoms with Crippen LogP contribution in [0.5, 0.6) is 17.2 Å². The highest BCUT2D eigenvalue weighted by Crippen LogP contribution is 2.36. The summed E-state index contributed by atoms with van der Waals surface area (Å²) in [5.41, 5.74) is 3.18. The molecule has 0 spiro atoms. The number of benzene rings is 3. The number of amides is 1. The zero-order chi connectivity index (χ0) is 22.8. The second-order valence-electron chi connectivity index (χ2n) is 7.87. The van der Waals surface area contributed by atoms with Crippen LogP contribution in [0.4, 0.5) is 5.69 Å². The molecule has 5 rings (SSSR count). The predicted molar refractivity (Wildman–Crippen MR) is 120 cm³/mol. The highest BCUT2D eigenvalue weighted by molar-refractivity contribution is 6.00. The second-order valence-corrected chi connectivity index (χ2v) is 7.87. The van der Waals surface area contributed by atoms with Crippen molar-refractivity contribution >= 4 is 17.6 Å². The van der Waals surface area contributed by atoms with Crippen molar-refractivity contribution in [1.29, 1.82) is 5.26 Å². The molecule has 1 fully saturated rings. The quantitative estimate of drug-likeness (QED) is 0.451. The summed E-state index contributed by atoms with van der Waals surface area (Å²) in [6.07, 6.45) is 0.0938. The van der Waals surface area contributed by atoms with Crippen molar-refractivity contribution in [2.75, 3.05) is 24.7 Å². The first-order valence-corrected chi connectivity index (χ1v) is 10.6. The lowest BCUT2D eigenvalue weighted by Crippen LogP contribution is -2.27. The molecule has 2 aliphatic rings. The topological polar surface area (TPSA) is 88.9 Å². The first-order valence-electron chi connectivity index (χ1n) is 10.6. The molecule has 0 aromatic heterocycles. The lowest BCUT2D eigenvalue weighted by atomic mass is 10.0. The number of ether oxygens (including phenoxy) is 3. The number of nitrogens with zero attached hydrogens (tertiary/aromatic N) is 2. The molecule has 0 bridgehead atoms. The molecule has 1 atom stereocenters. The molecular formula is C26H20N2O5. The number of rotatable bonds is 4. The van der Waals surface area contributed by atoms with Crippen LogP contribution in [0.25, 0.3) is 11.1 Å². The fourth-order valence-electron chi connectivity index (χ4n) is 3.97. The predicted octanol–water partition coefficient (Wildman–Crippen LogP) is 3.95. The van der Waals surface area contributed by atoms with Gasteiger partial charge in [-0.3, -0.25) is 9.59 Å². The van der Waals surface area contributed by atoms with Crippen LogP contribution < -0.4 is 19.1 Å². The number of hydrogen-bond acceptors (Lipinski definition) is 6. The number of anilines is 1. The van der Waals surface area contributed by atoms with E-state index in [4.69, 9.17) is 19.5 Å². The van der Waals surface area contributed by atoms with Gasteiger partial charge >= 0.3 is 5.97 Å². The average Bonchev–Trinajstić information content (AvgIpc) is 3.26. The lowest BCUT2D eigenvalue weighted by Gasteiger charge is -2.22. The minimum atomic E-state index is -0.552. The summed E-state index contributed by atoms with van der Waals surface area (Å²) in [7, 11) is 0. The number of fused-ring (bicyclic) bond motifs is 1.